The highest BCUT2D eigenvalue weighted by atomic mass is 32.2. The van der Waals surface area contributed by atoms with Crippen LogP contribution in [0.25, 0.3) is 0 Å². The number of nitrogens with zero attached hydrogens (tertiary/aromatic N) is 1. The molecular formula is C15H20N2O3S. The average molecular weight is 308 g/mol. The molecule has 0 spiro atoms. The first-order valence-corrected chi connectivity index (χ1v) is 8.71. The summed E-state index contributed by atoms with van der Waals surface area (Å²) in [5.41, 5.74) is 1.01. The Bertz CT molecular complexity index is 533. The van der Waals surface area contributed by atoms with Crippen molar-refractivity contribution >= 4 is 22.6 Å². The minimum absolute atomic E-state index is 0.0878. The molecule has 6 heteroatoms. The van der Waals surface area contributed by atoms with E-state index in [9.17, 15) is 13.8 Å². The van der Waals surface area contributed by atoms with Crippen molar-refractivity contribution in [3.05, 3.63) is 35.9 Å². The molecule has 1 aliphatic rings. The normalized spacial score (nSPS) is 20.8. The van der Waals surface area contributed by atoms with Crippen LogP contribution in [0.3, 0.4) is 0 Å². The highest BCUT2D eigenvalue weighted by Crippen LogP contribution is 2.10. The molecule has 1 aliphatic heterocycles. The van der Waals surface area contributed by atoms with Crippen molar-refractivity contribution in [2.24, 2.45) is 0 Å². The summed E-state index contributed by atoms with van der Waals surface area (Å²) in [7, 11) is -0.945. The Labute approximate surface area is 127 Å². The predicted molar refractivity (Wildman–Crippen MR) is 82.2 cm³/mol. The molecule has 1 aromatic rings. The highest BCUT2D eigenvalue weighted by molar-refractivity contribution is 7.84. The van der Waals surface area contributed by atoms with Crippen molar-refractivity contribution in [1.29, 1.82) is 0 Å². The van der Waals surface area contributed by atoms with Crippen molar-refractivity contribution in [2.45, 2.75) is 18.9 Å². The van der Waals surface area contributed by atoms with Crippen LogP contribution in [0.2, 0.25) is 0 Å². The molecule has 2 rings (SSSR count). The number of amides is 2. The third-order valence-electron chi connectivity index (χ3n) is 3.49. The zero-order chi connectivity index (χ0) is 15.2. The molecule has 5 nitrogen and oxygen atoms in total. The predicted octanol–water partition coefficient (Wildman–Crippen LogP) is 0.325. The minimum Gasteiger partial charge on any atom is -0.344 e. The third kappa shape index (κ3) is 4.67. The lowest BCUT2D eigenvalue weighted by molar-refractivity contribution is -0.133. The average Bonchev–Trinajstić information content (AvgIpc) is 2.58. The van der Waals surface area contributed by atoms with E-state index in [2.05, 4.69) is 5.32 Å². The summed E-state index contributed by atoms with van der Waals surface area (Å²) in [4.78, 5) is 25.9. The number of carbonyl (C=O) groups excluding carboxylic acids is 2. The molecule has 2 amide bonds. The van der Waals surface area contributed by atoms with Crippen LogP contribution >= 0.6 is 0 Å². The number of hydrogen-bond acceptors (Lipinski definition) is 3. The van der Waals surface area contributed by atoms with Crippen LogP contribution in [0.1, 0.15) is 12.0 Å². The summed E-state index contributed by atoms with van der Waals surface area (Å²) in [6, 6.07) is 9.09. The molecule has 2 unspecified atom stereocenters. The maximum absolute atomic E-state index is 12.5. The SMILES string of the molecule is CS(=O)CCN1CCC(=O)NC(Cc2ccccc2)C1=O. The summed E-state index contributed by atoms with van der Waals surface area (Å²) in [6.45, 7) is 0.829. The van der Waals surface area contributed by atoms with E-state index in [1.54, 1.807) is 11.2 Å². The first-order chi connectivity index (χ1) is 10.1. The van der Waals surface area contributed by atoms with Crippen LogP contribution in [0.5, 0.6) is 0 Å². The number of hydrogen-bond donors (Lipinski definition) is 1. The quantitative estimate of drug-likeness (QED) is 0.852. The lowest BCUT2D eigenvalue weighted by Crippen LogP contribution is -2.46. The van der Waals surface area contributed by atoms with Crippen LogP contribution in [-0.2, 0) is 26.8 Å². The fourth-order valence-corrected chi connectivity index (χ4v) is 2.82. The summed E-state index contributed by atoms with van der Waals surface area (Å²) < 4.78 is 11.2. The van der Waals surface area contributed by atoms with Gasteiger partial charge in [0, 0.05) is 48.7 Å². The van der Waals surface area contributed by atoms with E-state index >= 15 is 0 Å². The smallest absolute Gasteiger partial charge is 0.245 e. The Balaban J connectivity index is 2.08. The van der Waals surface area contributed by atoms with E-state index in [1.807, 2.05) is 30.3 Å². The van der Waals surface area contributed by atoms with Crippen molar-refractivity contribution in [3.63, 3.8) is 0 Å². The standard InChI is InChI=1S/C15H20N2O3S/c1-21(20)10-9-17-8-7-14(18)16-13(15(17)19)11-12-5-3-2-4-6-12/h2-6,13H,7-11H2,1H3,(H,16,18). The maximum Gasteiger partial charge on any atom is 0.245 e. The molecule has 2 atom stereocenters. The van der Waals surface area contributed by atoms with Gasteiger partial charge in [0.1, 0.15) is 6.04 Å². The molecule has 0 aliphatic carbocycles. The van der Waals surface area contributed by atoms with Gasteiger partial charge in [-0.1, -0.05) is 30.3 Å². The molecule has 0 radical (unpaired) electrons. The monoisotopic (exact) mass is 308 g/mol. The molecule has 114 valence electrons. The Hall–Kier alpha value is -1.69. The molecule has 1 saturated heterocycles. The molecule has 1 fully saturated rings. The van der Waals surface area contributed by atoms with E-state index < -0.39 is 16.8 Å². The fraction of sp³-hybridized carbons (Fsp3) is 0.467. The second-order valence-corrected chi connectivity index (χ2v) is 6.72. The summed E-state index contributed by atoms with van der Waals surface area (Å²) in [6.07, 6.45) is 2.40. The molecule has 1 N–H and O–H groups in total. The number of nitrogens with one attached hydrogen (secondary N) is 1. The summed E-state index contributed by atoms with van der Waals surface area (Å²) in [5.74, 6) is 0.248. The van der Waals surface area contributed by atoms with Gasteiger partial charge in [0.15, 0.2) is 0 Å². The van der Waals surface area contributed by atoms with Crippen LogP contribution in [0.4, 0.5) is 0 Å². The lowest BCUT2D eigenvalue weighted by Gasteiger charge is -2.23. The van der Waals surface area contributed by atoms with E-state index in [1.165, 1.54) is 0 Å². The van der Waals surface area contributed by atoms with Gasteiger partial charge < -0.3 is 10.2 Å². The van der Waals surface area contributed by atoms with Gasteiger partial charge in [-0.2, -0.15) is 0 Å². The zero-order valence-corrected chi connectivity index (χ0v) is 12.9. The van der Waals surface area contributed by atoms with Crippen LogP contribution < -0.4 is 5.32 Å². The Kier molecular flexibility index (Phi) is 5.50. The summed E-state index contributed by atoms with van der Waals surface area (Å²) in [5, 5.41) is 2.79. The highest BCUT2D eigenvalue weighted by Gasteiger charge is 2.29. The molecule has 1 aromatic carbocycles. The lowest BCUT2D eigenvalue weighted by atomic mass is 10.1. The first-order valence-electron chi connectivity index (χ1n) is 6.98. The van der Waals surface area contributed by atoms with Crippen LogP contribution in [0.15, 0.2) is 30.3 Å². The fourth-order valence-electron chi connectivity index (χ4n) is 2.34. The van der Waals surface area contributed by atoms with Gasteiger partial charge in [0.25, 0.3) is 0 Å². The van der Waals surface area contributed by atoms with Gasteiger partial charge in [-0.25, -0.2) is 0 Å². The second-order valence-electron chi connectivity index (χ2n) is 5.16. The van der Waals surface area contributed by atoms with Crippen molar-refractivity contribution in [2.75, 3.05) is 25.1 Å². The molecular weight excluding hydrogens is 288 g/mol. The second kappa shape index (κ2) is 7.36. The molecule has 0 bridgehead atoms. The van der Waals surface area contributed by atoms with Gasteiger partial charge in [-0.05, 0) is 5.56 Å². The van der Waals surface area contributed by atoms with E-state index in [0.717, 1.165) is 5.56 Å². The third-order valence-corrected chi connectivity index (χ3v) is 4.24. The Morgan fingerprint density at radius 2 is 2.00 bits per heavy atom. The molecule has 1 heterocycles. The molecule has 0 saturated carbocycles. The van der Waals surface area contributed by atoms with Gasteiger partial charge >= 0.3 is 0 Å². The van der Waals surface area contributed by atoms with E-state index in [4.69, 9.17) is 0 Å². The van der Waals surface area contributed by atoms with Gasteiger partial charge in [-0.15, -0.1) is 0 Å². The molecule has 21 heavy (non-hydrogen) atoms. The van der Waals surface area contributed by atoms with Gasteiger partial charge in [0.05, 0.1) is 0 Å². The largest absolute Gasteiger partial charge is 0.344 e. The minimum atomic E-state index is -0.945. The van der Waals surface area contributed by atoms with Crippen LogP contribution in [-0.4, -0.2) is 52.1 Å². The van der Waals surface area contributed by atoms with Gasteiger partial charge in [0.2, 0.25) is 11.8 Å². The molecule has 0 aromatic heterocycles. The van der Waals surface area contributed by atoms with Crippen LogP contribution in [0, 0.1) is 0 Å². The van der Waals surface area contributed by atoms with E-state index in [-0.39, 0.29) is 11.8 Å². The zero-order valence-electron chi connectivity index (χ0n) is 12.1. The number of carbonyl (C=O) groups is 2. The number of rotatable bonds is 5. The van der Waals surface area contributed by atoms with Crippen molar-refractivity contribution < 1.29 is 13.8 Å². The maximum atomic E-state index is 12.5. The van der Waals surface area contributed by atoms with E-state index in [0.29, 0.717) is 31.7 Å². The Morgan fingerprint density at radius 3 is 2.67 bits per heavy atom. The number of benzene rings is 1. The van der Waals surface area contributed by atoms with Crippen molar-refractivity contribution in [1.82, 2.24) is 10.2 Å². The summed E-state index contributed by atoms with van der Waals surface area (Å²) >= 11 is 0. The first kappa shape index (κ1) is 15.7. The van der Waals surface area contributed by atoms with Crippen molar-refractivity contribution in [3.8, 4) is 0 Å². The Morgan fingerprint density at radius 1 is 1.29 bits per heavy atom. The van der Waals surface area contributed by atoms with Gasteiger partial charge in [-0.3, -0.25) is 13.8 Å². The topological polar surface area (TPSA) is 66.5 Å².